The lowest BCUT2D eigenvalue weighted by molar-refractivity contribution is -0.126. The maximum Gasteiger partial charge on any atom is 0.253 e. The van der Waals surface area contributed by atoms with Crippen molar-refractivity contribution < 1.29 is 9.59 Å². The number of hydrogen-bond donors (Lipinski definition) is 1. The van der Waals surface area contributed by atoms with E-state index in [0.29, 0.717) is 19.6 Å². The first-order valence-electron chi connectivity index (χ1n) is 7.49. The van der Waals surface area contributed by atoms with Crippen molar-refractivity contribution in [1.29, 1.82) is 0 Å². The van der Waals surface area contributed by atoms with E-state index < -0.39 is 0 Å². The largest absolute Gasteiger partial charge is 0.355 e. The highest BCUT2D eigenvalue weighted by molar-refractivity contribution is 5.94. The van der Waals surface area contributed by atoms with Crippen LogP contribution in [-0.4, -0.2) is 60.4 Å². The number of carbonyl (C=O) groups is 2. The molecule has 0 spiro atoms. The lowest BCUT2D eigenvalue weighted by atomic mass is 10.1. The molecule has 1 aromatic carbocycles. The minimum absolute atomic E-state index is 0.0559. The van der Waals surface area contributed by atoms with Gasteiger partial charge in [0.15, 0.2) is 0 Å². The molecule has 2 amide bonds. The summed E-state index contributed by atoms with van der Waals surface area (Å²) in [4.78, 5) is 28.2. The number of amides is 2. The molecule has 0 radical (unpaired) electrons. The molecule has 1 aliphatic rings. The number of piperazine rings is 1. The van der Waals surface area contributed by atoms with Crippen LogP contribution in [0.25, 0.3) is 0 Å². The molecule has 114 valence electrons. The number of nitrogens with zero attached hydrogens (tertiary/aromatic N) is 2. The Morgan fingerprint density at radius 1 is 1.14 bits per heavy atom. The summed E-state index contributed by atoms with van der Waals surface area (Å²) >= 11 is 0. The molecule has 5 heteroatoms. The standard InChI is InChI=1S/C16H23N3O2/c1-3-17-15(20)13(2)18-9-11-19(12-10-18)16(21)14-7-5-4-6-8-14/h4-8,13H,3,9-12H2,1-2H3,(H,17,20)/t13-/m1/s1. The molecule has 0 unspecified atom stereocenters. The third-order valence-corrected chi connectivity index (χ3v) is 3.90. The van der Waals surface area contributed by atoms with Crippen molar-refractivity contribution in [3.05, 3.63) is 35.9 Å². The van der Waals surface area contributed by atoms with Crippen molar-refractivity contribution in [2.75, 3.05) is 32.7 Å². The quantitative estimate of drug-likeness (QED) is 0.898. The van der Waals surface area contributed by atoms with Crippen LogP contribution in [0.1, 0.15) is 24.2 Å². The van der Waals surface area contributed by atoms with Gasteiger partial charge in [-0.15, -0.1) is 0 Å². The van der Waals surface area contributed by atoms with Crippen molar-refractivity contribution in [3.8, 4) is 0 Å². The predicted molar refractivity (Wildman–Crippen MR) is 82.1 cm³/mol. The summed E-state index contributed by atoms with van der Waals surface area (Å²) in [5.74, 6) is 0.126. The first kappa shape index (κ1) is 15.5. The van der Waals surface area contributed by atoms with Gasteiger partial charge in [0.1, 0.15) is 0 Å². The van der Waals surface area contributed by atoms with Gasteiger partial charge in [-0.25, -0.2) is 0 Å². The topological polar surface area (TPSA) is 52.7 Å². The average Bonchev–Trinajstić information content (AvgIpc) is 2.54. The molecule has 0 aliphatic carbocycles. The number of likely N-dealkylation sites (N-methyl/N-ethyl adjacent to an activating group) is 1. The Hall–Kier alpha value is -1.88. The van der Waals surface area contributed by atoms with Crippen LogP contribution in [0.15, 0.2) is 30.3 Å². The fourth-order valence-corrected chi connectivity index (χ4v) is 2.56. The lowest BCUT2D eigenvalue weighted by Gasteiger charge is -2.37. The maximum absolute atomic E-state index is 12.3. The van der Waals surface area contributed by atoms with E-state index in [1.807, 2.05) is 49.1 Å². The Morgan fingerprint density at radius 2 is 1.76 bits per heavy atom. The van der Waals surface area contributed by atoms with Crippen molar-refractivity contribution in [2.45, 2.75) is 19.9 Å². The summed E-state index contributed by atoms with van der Waals surface area (Å²) < 4.78 is 0. The van der Waals surface area contributed by atoms with Crippen LogP contribution in [0.5, 0.6) is 0 Å². The molecule has 21 heavy (non-hydrogen) atoms. The zero-order valence-electron chi connectivity index (χ0n) is 12.7. The van der Waals surface area contributed by atoms with Gasteiger partial charge in [-0.2, -0.15) is 0 Å². The van der Waals surface area contributed by atoms with Gasteiger partial charge >= 0.3 is 0 Å². The molecule has 0 aromatic heterocycles. The molecule has 0 bridgehead atoms. The lowest BCUT2D eigenvalue weighted by Crippen LogP contribution is -2.54. The summed E-state index contributed by atoms with van der Waals surface area (Å²) in [6, 6.07) is 9.20. The van der Waals surface area contributed by atoms with E-state index in [2.05, 4.69) is 10.2 Å². The van der Waals surface area contributed by atoms with Crippen molar-refractivity contribution in [2.24, 2.45) is 0 Å². The maximum atomic E-state index is 12.3. The van der Waals surface area contributed by atoms with Gasteiger partial charge < -0.3 is 10.2 Å². The van der Waals surface area contributed by atoms with E-state index >= 15 is 0 Å². The Morgan fingerprint density at radius 3 is 2.33 bits per heavy atom. The molecule has 1 fully saturated rings. The highest BCUT2D eigenvalue weighted by Crippen LogP contribution is 2.10. The van der Waals surface area contributed by atoms with Crippen LogP contribution in [-0.2, 0) is 4.79 Å². The molecule has 1 atom stereocenters. The van der Waals surface area contributed by atoms with Gasteiger partial charge in [0.2, 0.25) is 5.91 Å². The predicted octanol–water partition coefficient (Wildman–Crippen LogP) is 0.969. The third-order valence-electron chi connectivity index (χ3n) is 3.90. The molecule has 1 aliphatic heterocycles. The summed E-state index contributed by atoms with van der Waals surface area (Å²) in [6.07, 6.45) is 0. The second-order valence-corrected chi connectivity index (χ2v) is 5.26. The fourth-order valence-electron chi connectivity index (χ4n) is 2.56. The van der Waals surface area contributed by atoms with Crippen molar-refractivity contribution >= 4 is 11.8 Å². The SMILES string of the molecule is CCNC(=O)[C@@H](C)N1CCN(C(=O)c2ccccc2)CC1. The van der Waals surface area contributed by atoms with E-state index in [1.165, 1.54) is 0 Å². The minimum Gasteiger partial charge on any atom is -0.355 e. The Bertz CT molecular complexity index is 482. The first-order valence-corrected chi connectivity index (χ1v) is 7.49. The normalized spacial score (nSPS) is 17.3. The third kappa shape index (κ3) is 3.82. The van der Waals surface area contributed by atoms with Gasteiger partial charge in [-0.3, -0.25) is 14.5 Å². The Labute approximate surface area is 125 Å². The second kappa shape index (κ2) is 7.22. The molecule has 5 nitrogen and oxygen atoms in total. The van der Waals surface area contributed by atoms with Gasteiger partial charge in [-0.1, -0.05) is 18.2 Å². The van der Waals surface area contributed by atoms with Gasteiger partial charge in [0.05, 0.1) is 6.04 Å². The molecule has 1 aromatic rings. The van der Waals surface area contributed by atoms with Crippen LogP contribution in [0.3, 0.4) is 0 Å². The molecule has 1 saturated heterocycles. The van der Waals surface area contributed by atoms with Crippen LogP contribution < -0.4 is 5.32 Å². The van der Waals surface area contributed by atoms with Gasteiger partial charge in [0, 0.05) is 38.3 Å². The van der Waals surface area contributed by atoms with Crippen LogP contribution in [0, 0.1) is 0 Å². The van der Waals surface area contributed by atoms with Crippen molar-refractivity contribution in [1.82, 2.24) is 15.1 Å². The average molecular weight is 289 g/mol. The van der Waals surface area contributed by atoms with Crippen LogP contribution in [0.2, 0.25) is 0 Å². The highest BCUT2D eigenvalue weighted by atomic mass is 16.2. The number of benzene rings is 1. The fraction of sp³-hybridized carbons (Fsp3) is 0.500. The number of nitrogens with one attached hydrogen (secondary N) is 1. The van der Waals surface area contributed by atoms with Crippen LogP contribution in [0.4, 0.5) is 0 Å². The van der Waals surface area contributed by atoms with Gasteiger partial charge in [0.25, 0.3) is 5.91 Å². The second-order valence-electron chi connectivity index (χ2n) is 5.26. The Kier molecular flexibility index (Phi) is 5.33. The number of hydrogen-bond acceptors (Lipinski definition) is 3. The molecular formula is C16H23N3O2. The molecule has 1 heterocycles. The van der Waals surface area contributed by atoms with Gasteiger partial charge in [-0.05, 0) is 26.0 Å². The van der Waals surface area contributed by atoms with E-state index in [9.17, 15) is 9.59 Å². The summed E-state index contributed by atoms with van der Waals surface area (Å²) in [5, 5.41) is 2.84. The monoisotopic (exact) mass is 289 g/mol. The van der Waals surface area contributed by atoms with E-state index in [1.54, 1.807) is 0 Å². The molecular weight excluding hydrogens is 266 g/mol. The molecule has 1 N–H and O–H groups in total. The van der Waals surface area contributed by atoms with E-state index in [-0.39, 0.29) is 17.9 Å². The zero-order valence-corrected chi connectivity index (χ0v) is 12.7. The molecule has 0 saturated carbocycles. The Balaban J connectivity index is 1.88. The summed E-state index contributed by atoms with van der Waals surface area (Å²) in [5.41, 5.74) is 0.725. The zero-order chi connectivity index (χ0) is 15.2. The first-order chi connectivity index (χ1) is 10.1. The number of rotatable bonds is 4. The highest BCUT2D eigenvalue weighted by Gasteiger charge is 2.27. The van der Waals surface area contributed by atoms with E-state index in [4.69, 9.17) is 0 Å². The summed E-state index contributed by atoms with van der Waals surface area (Å²) in [7, 11) is 0. The minimum atomic E-state index is -0.140. The van der Waals surface area contributed by atoms with Crippen molar-refractivity contribution in [3.63, 3.8) is 0 Å². The van der Waals surface area contributed by atoms with Crippen LogP contribution >= 0.6 is 0 Å². The molecule has 2 rings (SSSR count). The smallest absolute Gasteiger partial charge is 0.253 e. The summed E-state index contributed by atoms with van der Waals surface area (Å²) in [6.45, 7) is 7.28. The van der Waals surface area contributed by atoms with E-state index in [0.717, 1.165) is 18.7 Å². The number of carbonyl (C=O) groups excluding carboxylic acids is 2.